The number of hydrogen-bond donors (Lipinski definition) is 1. The summed E-state index contributed by atoms with van der Waals surface area (Å²) in [6.45, 7) is 2.67. The number of nitrogens with zero attached hydrogens (tertiary/aromatic N) is 3. The smallest absolute Gasteiger partial charge is 0.237 e. The largest absolute Gasteiger partial charge is 1.00 e. The Morgan fingerprint density at radius 2 is 0.891 bits per heavy atom. The maximum atomic E-state index is 14.7. The van der Waals surface area contributed by atoms with E-state index in [1.165, 1.54) is 0 Å². The van der Waals surface area contributed by atoms with E-state index < -0.39 is 16.4 Å². The third-order valence-corrected chi connectivity index (χ3v) is 12.2. The van der Waals surface area contributed by atoms with Gasteiger partial charge in [-0.15, -0.1) is 0 Å². The van der Waals surface area contributed by atoms with Crippen LogP contribution in [-0.2, 0) is 26.0 Å². The van der Waals surface area contributed by atoms with Gasteiger partial charge in [0, 0.05) is 58.9 Å². The van der Waals surface area contributed by atoms with E-state index in [9.17, 15) is 14.7 Å². The van der Waals surface area contributed by atoms with E-state index in [-0.39, 0.29) is 24.2 Å². The van der Waals surface area contributed by atoms with Crippen molar-refractivity contribution in [1.29, 1.82) is 0 Å². The Kier molecular flexibility index (Phi) is 13.3. The maximum Gasteiger partial charge on any atom is 0.237 e. The first kappa shape index (κ1) is 41.7. The fraction of sp³-hybridized carbons (Fsp3) is 0.319. The lowest BCUT2D eigenvalue weighted by Crippen LogP contribution is -3.00. The Morgan fingerprint density at radius 3 is 1.18 bits per heavy atom. The molecule has 5 aromatic carbocycles. The minimum atomic E-state index is -1.02. The summed E-state index contributed by atoms with van der Waals surface area (Å²) >= 11 is 6.26. The number of likely N-dealkylation sites (tertiary alicyclic amines) is 1. The molecule has 1 saturated heterocycles. The standard InChI is InChI=1S/C47H53ClN3O3.ClH/c1-49(2)43(52)46(38-17-9-5-10-18-38,39-19-11-6-12-20-39)31-35-51(33-29-45(54,30-34-51)37-25-27-42(48)28-26-37)36-32-47(44(53)50(3)4,40-21-13-7-14-22-40)41-23-15-8-16-24-41;/h5-28,54H,29-36H2,1-4H3;1H/q+1;/p-1. The number of rotatable bonds is 13. The number of likely N-dealkylation sites (N-methyl/N-ethyl adjacent to an activating group) is 2. The molecule has 55 heavy (non-hydrogen) atoms. The number of hydrogen-bond acceptors (Lipinski definition) is 3. The van der Waals surface area contributed by atoms with Crippen LogP contribution in [0.25, 0.3) is 0 Å². The molecule has 0 spiro atoms. The number of carbonyl (C=O) groups is 2. The second kappa shape index (κ2) is 17.6. The van der Waals surface area contributed by atoms with Crippen molar-refractivity contribution in [3.05, 3.63) is 178 Å². The van der Waals surface area contributed by atoms with E-state index in [1.54, 1.807) is 9.80 Å². The van der Waals surface area contributed by atoms with Gasteiger partial charge in [0.05, 0.1) is 26.2 Å². The van der Waals surface area contributed by atoms with Crippen LogP contribution in [-0.4, -0.2) is 85.6 Å². The van der Waals surface area contributed by atoms with Gasteiger partial charge in [0.2, 0.25) is 11.8 Å². The summed E-state index contributed by atoms with van der Waals surface area (Å²) in [5, 5.41) is 12.8. The Bertz CT molecular complexity index is 1790. The molecule has 8 heteroatoms. The molecule has 1 heterocycles. The van der Waals surface area contributed by atoms with Gasteiger partial charge in [-0.05, 0) is 39.9 Å². The Labute approximate surface area is 338 Å². The lowest BCUT2D eigenvalue weighted by molar-refractivity contribution is -0.936. The summed E-state index contributed by atoms with van der Waals surface area (Å²) in [5.41, 5.74) is 1.76. The minimum Gasteiger partial charge on any atom is -1.00 e. The van der Waals surface area contributed by atoms with Gasteiger partial charge in [-0.1, -0.05) is 145 Å². The van der Waals surface area contributed by atoms with Crippen LogP contribution in [0.15, 0.2) is 146 Å². The van der Waals surface area contributed by atoms with Crippen LogP contribution in [0.4, 0.5) is 0 Å². The third kappa shape index (κ3) is 8.39. The molecule has 0 bridgehead atoms. The van der Waals surface area contributed by atoms with Crippen molar-refractivity contribution >= 4 is 23.4 Å². The highest BCUT2D eigenvalue weighted by Gasteiger charge is 2.50. The molecular formula is C47H53Cl2N3O3. The second-order valence-corrected chi connectivity index (χ2v) is 15.9. The summed E-state index contributed by atoms with van der Waals surface area (Å²) in [6.07, 6.45) is 2.15. The van der Waals surface area contributed by atoms with Gasteiger partial charge in [0.1, 0.15) is 16.4 Å². The van der Waals surface area contributed by atoms with Crippen molar-refractivity contribution in [1.82, 2.24) is 9.80 Å². The summed E-state index contributed by atoms with van der Waals surface area (Å²) in [4.78, 5) is 32.9. The lowest BCUT2D eigenvalue weighted by atomic mass is 9.69. The molecule has 5 aromatic rings. The third-order valence-electron chi connectivity index (χ3n) is 11.9. The molecule has 0 radical (unpaired) electrons. The molecule has 2 amide bonds. The maximum absolute atomic E-state index is 14.7. The average Bonchev–Trinajstić information content (AvgIpc) is 3.21. The molecule has 1 aliphatic heterocycles. The second-order valence-electron chi connectivity index (χ2n) is 15.4. The van der Waals surface area contributed by atoms with Crippen LogP contribution in [0.3, 0.4) is 0 Å². The van der Waals surface area contributed by atoms with Crippen molar-refractivity contribution in [2.24, 2.45) is 0 Å². The number of benzene rings is 5. The molecule has 0 aromatic heterocycles. The van der Waals surface area contributed by atoms with Gasteiger partial charge in [0.15, 0.2) is 0 Å². The van der Waals surface area contributed by atoms with Crippen LogP contribution >= 0.6 is 11.6 Å². The number of aliphatic hydroxyl groups is 1. The number of halogens is 2. The van der Waals surface area contributed by atoms with Crippen molar-refractivity contribution in [3.8, 4) is 0 Å². The molecule has 6 rings (SSSR count). The molecule has 6 nitrogen and oxygen atoms in total. The predicted octanol–water partition coefficient (Wildman–Crippen LogP) is 5.07. The summed E-state index contributed by atoms with van der Waals surface area (Å²) in [7, 11) is 7.34. The predicted molar refractivity (Wildman–Crippen MR) is 218 cm³/mol. The van der Waals surface area contributed by atoms with Gasteiger partial charge in [0.25, 0.3) is 0 Å². The van der Waals surface area contributed by atoms with Gasteiger partial charge in [-0.3, -0.25) is 9.59 Å². The fourth-order valence-corrected chi connectivity index (χ4v) is 8.90. The van der Waals surface area contributed by atoms with E-state index in [0.29, 0.717) is 61.4 Å². The van der Waals surface area contributed by atoms with Crippen LogP contribution in [0.5, 0.6) is 0 Å². The molecule has 1 aliphatic rings. The van der Waals surface area contributed by atoms with Crippen molar-refractivity contribution in [2.45, 2.75) is 42.1 Å². The molecule has 0 saturated carbocycles. The molecule has 288 valence electrons. The lowest BCUT2D eigenvalue weighted by Gasteiger charge is -2.50. The fourth-order valence-electron chi connectivity index (χ4n) is 8.77. The van der Waals surface area contributed by atoms with Gasteiger partial charge >= 0.3 is 0 Å². The average molecular weight is 779 g/mol. The quantitative estimate of drug-likeness (QED) is 0.170. The van der Waals surface area contributed by atoms with E-state index in [1.807, 2.05) is 125 Å². The van der Waals surface area contributed by atoms with Crippen molar-refractivity contribution in [3.63, 3.8) is 0 Å². The Hall–Kier alpha value is -4.46. The zero-order valence-corrected chi connectivity index (χ0v) is 33.9. The molecular weight excluding hydrogens is 725 g/mol. The van der Waals surface area contributed by atoms with E-state index in [4.69, 9.17) is 11.6 Å². The summed E-state index contributed by atoms with van der Waals surface area (Å²) in [5.74, 6) is 0.0527. The number of piperidine rings is 1. The molecule has 1 fully saturated rings. The molecule has 0 unspecified atom stereocenters. The van der Waals surface area contributed by atoms with Crippen LogP contribution in [0.1, 0.15) is 53.5 Å². The van der Waals surface area contributed by atoms with Crippen molar-refractivity contribution in [2.75, 3.05) is 54.4 Å². The van der Waals surface area contributed by atoms with Gasteiger partial charge in [-0.2, -0.15) is 0 Å². The summed E-state index contributed by atoms with van der Waals surface area (Å²) in [6, 6.07) is 48.1. The van der Waals surface area contributed by atoms with Crippen molar-refractivity contribution < 1.29 is 31.6 Å². The normalized spacial score (nSPS) is 15.0. The zero-order valence-electron chi connectivity index (χ0n) is 32.4. The first-order valence-corrected chi connectivity index (χ1v) is 19.3. The summed E-state index contributed by atoms with van der Waals surface area (Å²) < 4.78 is 0.639. The Balaban J connectivity index is 0.00000580. The molecule has 1 N–H and O–H groups in total. The highest BCUT2D eigenvalue weighted by molar-refractivity contribution is 6.30. The van der Waals surface area contributed by atoms with Gasteiger partial charge < -0.3 is 31.8 Å². The monoisotopic (exact) mass is 777 g/mol. The van der Waals surface area contributed by atoms with E-state index in [2.05, 4.69) is 48.5 Å². The molecule has 0 atom stereocenters. The van der Waals surface area contributed by atoms with E-state index >= 15 is 0 Å². The van der Waals surface area contributed by atoms with Crippen LogP contribution in [0.2, 0.25) is 5.02 Å². The minimum absolute atomic E-state index is 0. The van der Waals surface area contributed by atoms with Gasteiger partial charge in [-0.25, -0.2) is 0 Å². The zero-order chi connectivity index (χ0) is 38.4. The first-order chi connectivity index (χ1) is 26.0. The number of quaternary nitrogens is 1. The number of amides is 2. The molecule has 0 aliphatic carbocycles. The van der Waals surface area contributed by atoms with Crippen LogP contribution in [0, 0.1) is 0 Å². The first-order valence-electron chi connectivity index (χ1n) is 19.0. The number of carbonyl (C=O) groups excluding carboxylic acids is 2. The highest BCUT2D eigenvalue weighted by Crippen LogP contribution is 2.44. The Morgan fingerprint density at radius 1 is 0.582 bits per heavy atom. The topological polar surface area (TPSA) is 60.9 Å². The highest BCUT2D eigenvalue weighted by atomic mass is 35.5. The SMILES string of the molecule is CN(C)C(=O)C(CC[N+]1(CCC(C(=O)N(C)C)(c2ccccc2)c2ccccc2)CCC(O)(c2ccc(Cl)cc2)CC1)(c1ccccc1)c1ccccc1.[Cl-]. The van der Waals surface area contributed by atoms with E-state index in [0.717, 1.165) is 27.8 Å². The van der Waals surface area contributed by atoms with Crippen LogP contribution < -0.4 is 12.4 Å².